The zero-order valence-corrected chi connectivity index (χ0v) is 17.3. The molecule has 4 rings (SSSR count). The first-order valence-electron chi connectivity index (χ1n) is 10.0. The Morgan fingerprint density at radius 2 is 2.07 bits per heavy atom. The summed E-state index contributed by atoms with van der Waals surface area (Å²) < 4.78 is 0. The third-order valence-electron chi connectivity index (χ3n) is 5.51. The fourth-order valence-electron chi connectivity index (χ4n) is 3.89. The predicted octanol–water partition coefficient (Wildman–Crippen LogP) is 2.37. The van der Waals surface area contributed by atoms with Gasteiger partial charge >= 0.3 is 0 Å². The van der Waals surface area contributed by atoms with E-state index in [0.717, 1.165) is 49.0 Å². The first-order valence-corrected chi connectivity index (χ1v) is 10.0. The van der Waals surface area contributed by atoms with E-state index in [1.54, 1.807) is 6.33 Å². The molecular formula is C21H28N8. The lowest BCUT2D eigenvalue weighted by molar-refractivity contribution is 0.299. The van der Waals surface area contributed by atoms with Gasteiger partial charge in [0.05, 0.1) is 5.52 Å². The zero-order chi connectivity index (χ0) is 20.2. The van der Waals surface area contributed by atoms with Crippen LogP contribution in [-0.4, -0.2) is 65.3 Å². The Kier molecular flexibility index (Phi) is 5.59. The quantitative estimate of drug-likeness (QED) is 0.524. The summed E-state index contributed by atoms with van der Waals surface area (Å²) in [4.78, 5) is 18.0. The minimum atomic E-state index is 0.443. The number of H-pyrrole nitrogens is 1. The Balaban J connectivity index is 1.45. The lowest BCUT2D eigenvalue weighted by atomic mass is 9.96. The molecule has 1 aromatic carbocycles. The maximum Gasteiger partial charge on any atom is 0.193 e. The molecular weight excluding hydrogens is 364 g/mol. The number of nitrogens with one attached hydrogen (secondary N) is 2. The summed E-state index contributed by atoms with van der Waals surface area (Å²) in [5.74, 6) is 3.34. The minimum absolute atomic E-state index is 0.443. The SMILES string of the molecule is CN=C(NCc1cc(N(C)C)nc2ccccc12)N1CCC(c2ncn[nH]2)CC1. The molecule has 1 fully saturated rings. The van der Waals surface area contributed by atoms with Crippen LogP contribution in [0.25, 0.3) is 10.9 Å². The molecule has 2 aromatic heterocycles. The molecule has 1 aliphatic rings. The Morgan fingerprint density at radius 3 is 2.76 bits per heavy atom. The molecule has 0 amide bonds. The largest absolute Gasteiger partial charge is 0.363 e. The minimum Gasteiger partial charge on any atom is -0.363 e. The van der Waals surface area contributed by atoms with Gasteiger partial charge in [-0.1, -0.05) is 18.2 Å². The van der Waals surface area contributed by atoms with Gasteiger partial charge in [-0.15, -0.1) is 0 Å². The summed E-state index contributed by atoms with van der Waals surface area (Å²) in [6.07, 6.45) is 3.67. The van der Waals surface area contributed by atoms with Crippen LogP contribution in [0.3, 0.4) is 0 Å². The number of rotatable bonds is 4. The van der Waals surface area contributed by atoms with Gasteiger partial charge in [0.15, 0.2) is 5.96 Å². The summed E-state index contributed by atoms with van der Waals surface area (Å²) in [6, 6.07) is 10.4. The number of aromatic amines is 1. The number of anilines is 1. The van der Waals surface area contributed by atoms with E-state index < -0.39 is 0 Å². The summed E-state index contributed by atoms with van der Waals surface area (Å²) in [5.41, 5.74) is 2.23. The molecule has 152 valence electrons. The van der Waals surface area contributed by atoms with Crippen molar-refractivity contribution in [2.45, 2.75) is 25.3 Å². The molecule has 8 nitrogen and oxygen atoms in total. The van der Waals surface area contributed by atoms with Gasteiger partial charge in [-0.25, -0.2) is 9.97 Å². The zero-order valence-electron chi connectivity index (χ0n) is 17.3. The Morgan fingerprint density at radius 1 is 1.28 bits per heavy atom. The highest BCUT2D eigenvalue weighted by molar-refractivity contribution is 5.85. The number of guanidine groups is 1. The molecule has 2 N–H and O–H groups in total. The molecule has 0 unspecified atom stereocenters. The van der Waals surface area contributed by atoms with E-state index >= 15 is 0 Å². The van der Waals surface area contributed by atoms with Crippen LogP contribution in [0.15, 0.2) is 41.7 Å². The Hall–Kier alpha value is -3.16. The van der Waals surface area contributed by atoms with E-state index in [4.69, 9.17) is 4.98 Å². The highest BCUT2D eigenvalue weighted by Crippen LogP contribution is 2.25. The smallest absolute Gasteiger partial charge is 0.193 e. The van der Waals surface area contributed by atoms with Crippen LogP contribution in [0.5, 0.6) is 0 Å². The van der Waals surface area contributed by atoms with Gasteiger partial charge in [0.2, 0.25) is 0 Å². The number of likely N-dealkylation sites (tertiary alicyclic amines) is 1. The number of hydrogen-bond acceptors (Lipinski definition) is 5. The highest BCUT2D eigenvalue weighted by atomic mass is 15.3. The van der Waals surface area contributed by atoms with Crippen LogP contribution >= 0.6 is 0 Å². The van der Waals surface area contributed by atoms with Gasteiger partial charge in [0.1, 0.15) is 18.0 Å². The van der Waals surface area contributed by atoms with E-state index in [-0.39, 0.29) is 0 Å². The molecule has 0 bridgehead atoms. The second kappa shape index (κ2) is 8.46. The van der Waals surface area contributed by atoms with Crippen LogP contribution in [0.2, 0.25) is 0 Å². The van der Waals surface area contributed by atoms with Crippen molar-refractivity contribution >= 4 is 22.7 Å². The van der Waals surface area contributed by atoms with Gasteiger partial charge in [0, 0.05) is 52.1 Å². The van der Waals surface area contributed by atoms with Crippen molar-refractivity contribution in [2.24, 2.45) is 4.99 Å². The van der Waals surface area contributed by atoms with Crippen molar-refractivity contribution in [3.05, 3.63) is 48.0 Å². The van der Waals surface area contributed by atoms with Gasteiger partial charge in [-0.3, -0.25) is 10.1 Å². The molecule has 0 radical (unpaired) electrons. The molecule has 8 heteroatoms. The maximum atomic E-state index is 4.75. The number of piperidine rings is 1. The van der Waals surface area contributed by atoms with Gasteiger partial charge in [-0.05, 0) is 30.5 Å². The lowest BCUT2D eigenvalue weighted by Gasteiger charge is -2.33. The molecule has 3 heterocycles. The molecule has 3 aromatic rings. The number of fused-ring (bicyclic) bond motifs is 1. The van der Waals surface area contributed by atoms with Crippen LogP contribution in [-0.2, 0) is 6.54 Å². The van der Waals surface area contributed by atoms with Crippen LogP contribution in [0.1, 0.15) is 30.1 Å². The number of aromatic nitrogens is 4. The predicted molar refractivity (Wildman–Crippen MR) is 116 cm³/mol. The van der Waals surface area contributed by atoms with Crippen LogP contribution in [0.4, 0.5) is 5.82 Å². The van der Waals surface area contributed by atoms with Crippen molar-refractivity contribution in [3.63, 3.8) is 0 Å². The average Bonchev–Trinajstić information content (AvgIpc) is 3.29. The van der Waals surface area contributed by atoms with Gasteiger partial charge in [0.25, 0.3) is 0 Å². The fourth-order valence-corrected chi connectivity index (χ4v) is 3.89. The number of pyridine rings is 1. The summed E-state index contributed by atoms with van der Waals surface area (Å²) >= 11 is 0. The standard InChI is InChI=1S/C21H28N8/c1-22-21(29-10-8-15(9-11-29)20-24-14-25-27-20)23-13-16-12-19(28(2)3)26-18-7-5-4-6-17(16)18/h4-7,12,14-15H,8-11,13H2,1-3H3,(H,22,23)(H,24,25,27). The first-order chi connectivity index (χ1) is 14.2. The molecule has 0 atom stereocenters. The number of benzene rings is 1. The summed E-state index contributed by atoms with van der Waals surface area (Å²) in [7, 11) is 5.89. The van der Waals surface area contributed by atoms with Crippen LogP contribution < -0.4 is 10.2 Å². The second-order valence-electron chi connectivity index (χ2n) is 7.58. The van der Waals surface area contributed by atoms with E-state index in [2.05, 4.69) is 54.7 Å². The third-order valence-corrected chi connectivity index (χ3v) is 5.51. The molecule has 29 heavy (non-hydrogen) atoms. The Labute approximate surface area is 171 Å². The van der Waals surface area contributed by atoms with E-state index in [0.29, 0.717) is 12.5 Å². The number of nitrogens with zero attached hydrogens (tertiary/aromatic N) is 6. The lowest BCUT2D eigenvalue weighted by Crippen LogP contribution is -2.45. The molecule has 1 saturated heterocycles. The van der Waals surface area contributed by atoms with Crippen molar-refractivity contribution in [1.82, 2.24) is 30.4 Å². The monoisotopic (exact) mass is 392 g/mol. The fraction of sp³-hybridized carbons (Fsp3) is 0.429. The normalized spacial score (nSPS) is 15.7. The molecule has 0 aliphatic carbocycles. The van der Waals surface area contributed by atoms with Crippen molar-refractivity contribution in [2.75, 3.05) is 39.1 Å². The number of hydrogen-bond donors (Lipinski definition) is 2. The average molecular weight is 393 g/mol. The maximum absolute atomic E-state index is 4.75. The van der Waals surface area contributed by atoms with Crippen molar-refractivity contribution in [3.8, 4) is 0 Å². The van der Waals surface area contributed by atoms with E-state index in [9.17, 15) is 0 Å². The molecule has 0 spiro atoms. The molecule has 0 saturated carbocycles. The highest BCUT2D eigenvalue weighted by Gasteiger charge is 2.24. The first kappa shape index (κ1) is 19.2. The van der Waals surface area contributed by atoms with Crippen molar-refractivity contribution < 1.29 is 0 Å². The Bertz CT molecular complexity index is 972. The van der Waals surface area contributed by atoms with Gasteiger partial charge in [-0.2, -0.15) is 5.10 Å². The van der Waals surface area contributed by atoms with Crippen molar-refractivity contribution in [1.29, 1.82) is 0 Å². The number of aliphatic imine (C=N–C) groups is 1. The number of para-hydroxylation sites is 1. The van der Waals surface area contributed by atoms with Gasteiger partial charge < -0.3 is 15.1 Å². The summed E-state index contributed by atoms with van der Waals surface area (Å²) in [5, 5.41) is 11.7. The second-order valence-corrected chi connectivity index (χ2v) is 7.58. The summed E-state index contributed by atoms with van der Waals surface area (Å²) in [6.45, 7) is 2.61. The topological polar surface area (TPSA) is 85.3 Å². The molecule has 1 aliphatic heterocycles. The van der Waals surface area contributed by atoms with E-state index in [1.165, 1.54) is 10.9 Å². The van der Waals surface area contributed by atoms with E-state index in [1.807, 2.05) is 32.1 Å². The third kappa shape index (κ3) is 4.16. The van der Waals surface area contributed by atoms with Crippen LogP contribution in [0, 0.1) is 0 Å².